The lowest BCUT2D eigenvalue weighted by Crippen LogP contribution is -2.21. The highest BCUT2D eigenvalue weighted by Crippen LogP contribution is 2.09. The van der Waals surface area contributed by atoms with Crippen LogP contribution >= 0.6 is 0 Å². The molecular weight excluding hydrogens is 320 g/mol. The number of carboxylic acid groups (broad SMARTS) is 4. The van der Waals surface area contributed by atoms with E-state index in [0.717, 1.165) is 44.9 Å². The van der Waals surface area contributed by atoms with Crippen LogP contribution in [0.5, 0.6) is 0 Å². The van der Waals surface area contributed by atoms with E-state index in [1.165, 1.54) is 6.92 Å². The minimum absolute atomic E-state index is 0.130. The molecular formula is C16H28O8. The minimum atomic E-state index is -1.27. The van der Waals surface area contributed by atoms with Crippen molar-refractivity contribution in [2.75, 3.05) is 0 Å². The van der Waals surface area contributed by atoms with Gasteiger partial charge in [-0.05, 0) is 19.3 Å². The van der Waals surface area contributed by atoms with Crippen LogP contribution in [0.4, 0.5) is 0 Å². The van der Waals surface area contributed by atoms with Crippen LogP contribution in [0.3, 0.4) is 0 Å². The quantitative estimate of drug-likeness (QED) is 0.293. The summed E-state index contributed by atoms with van der Waals surface area (Å²) < 4.78 is 0. The van der Waals surface area contributed by atoms with Crippen molar-refractivity contribution in [3.63, 3.8) is 0 Å². The van der Waals surface area contributed by atoms with E-state index in [-0.39, 0.29) is 19.3 Å². The molecule has 0 heterocycles. The van der Waals surface area contributed by atoms with Gasteiger partial charge in [-0.3, -0.25) is 19.2 Å². The minimum Gasteiger partial charge on any atom is -0.481 e. The third kappa shape index (κ3) is 17.9. The molecule has 0 aliphatic carbocycles. The highest BCUT2D eigenvalue weighted by atomic mass is 16.4. The summed E-state index contributed by atoms with van der Waals surface area (Å²) in [7, 11) is 0. The first-order valence-electron chi connectivity index (χ1n) is 8.11. The van der Waals surface area contributed by atoms with Gasteiger partial charge in [0.25, 0.3) is 0 Å². The summed E-state index contributed by atoms with van der Waals surface area (Å²) in [4.78, 5) is 40.3. The standard InChI is InChI=1S/C11H20O4.C5H8O4/c12-10(13)8-6-4-2-1-3-5-7-9-11(14)15;1-2-3(4(6)7)5(8)9/h1-9H2,(H,12,13)(H,14,15);3H,2H2,1H3,(H,6,7)(H,8,9). The van der Waals surface area contributed by atoms with Crippen molar-refractivity contribution in [2.24, 2.45) is 5.92 Å². The molecule has 0 unspecified atom stereocenters. The number of aliphatic carboxylic acids is 4. The Morgan fingerprint density at radius 3 is 1.08 bits per heavy atom. The summed E-state index contributed by atoms with van der Waals surface area (Å²) >= 11 is 0. The van der Waals surface area contributed by atoms with Gasteiger partial charge in [0.15, 0.2) is 5.92 Å². The molecule has 4 N–H and O–H groups in total. The first-order chi connectivity index (χ1) is 11.2. The topological polar surface area (TPSA) is 149 Å². The smallest absolute Gasteiger partial charge is 0.317 e. The van der Waals surface area contributed by atoms with Gasteiger partial charge >= 0.3 is 23.9 Å². The molecule has 0 rings (SSSR count). The van der Waals surface area contributed by atoms with E-state index >= 15 is 0 Å². The van der Waals surface area contributed by atoms with E-state index in [1.807, 2.05) is 0 Å². The van der Waals surface area contributed by atoms with Crippen LogP contribution in [-0.2, 0) is 19.2 Å². The van der Waals surface area contributed by atoms with Gasteiger partial charge in [-0.25, -0.2) is 0 Å². The summed E-state index contributed by atoms with van der Waals surface area (Å²) in [5.74, 6) is -5.24. The number of carboxylic acids is 4. The Kier molecular flexibility index (Phi) is 15.9. The third-order valence-electron chi connectivity index (χ3n) is 3.29. The first kappa shape index (κ1) is 24.1. The zero-order valence-electron chi connectivity index (χ0n) is 14.1. The molecule has 0 aliphatic rings. The summed E-state index contributed by atoms with van der Waals surface area (Å²) in [6.45, 7) is 1.52. The van der Waals surface area contributed by atoms with Crippen LogP contribution in [0, 0.1) is 5.92 Å². The maximum absolute atomic E-state index is 10.2. The molecule has 0 aliphatic heterocycles. The zero-order chi connectivity index (χ0) is 19.0. The highest BCUT2D eigenvalue weighted by molar-refractivity contribution is 5.92. The van der Waals surface area contributed by atoms with Gasteiger partial charge in [-0.15, -0.1) is 0 Å². The molecule has 140 valence electrons. The molecule has 0 radical (unpaired) electrons. The fraction of sp³-hybridized carbons (Fsp3) is 0.750. The van der Waals surface area contributed by atoms with Crippen molar-refractivity contribution in [1.82, 2.24) is 0 Å². The lowest BCUT2D eigenvalue weighted by molar-refractivity contribution is -0.154. The van der Waals surface area contributed by atoms with Crippen LogP contribution in [0.2, 0.25) is 0 Å². The Balaban J connectivity index is 0. The van der Waals surface area contributed by atoms with Crippen LogP contribution < -0.4 is 0 Å². The van der Waals surface area contributed by atoms with Crippen molar-refractivity contribution >= 4 is 23.9 Å². The molecule has 0 aromatic carbocycles. The molecule has 0 saturated carbocycles. The number of hydrogen-bond acceptors (Lipinski definition) is 4. The van der Waals surface area contributed by atoms with Crippen molar-refractivity contribution in [3.8, 4) is 0 Å². The van der Waals surface area contributed by atoms with Crippen LogP contribution in [0.25, 0.3) is 0 Å². The van der Waals surface area contributed by atoms with Gasteiger partial charge in [0.05, 0.1) is 0 Å². The summed E-state index contributed by atoms with van der Waals surface area (Å²) in [6, 6.07) is 0. The Hall–Kier alpha value is -2.12. The van der Waals surface area contributed by atoms with Gasteiger partial charge in [-0.1, -0.05) is 39.0 Å². The third-order valence-corrected chi connectivity index (χ3v) is 3.29. The number of unbranched alkanes of at least 4 members (excludes halogenated alkanes) is 6. The van der Waals surface area contributed by atoms with E-state index in [9.17, 15) is 19.2 Å². The molecule has 0 saturated heterocycles. The molecule has 0 spiro atoms. The van der Waals surface area contributed by atoms with Crippen LogP contribution in [0.1, 0.15) is 71.1 Å². The second-order valence-corrected chi connectivity index (χ2v) is 5.40. The predicted octanol–water partition coefficient (Wildman–Crippen LogP) is 2.85. The molecule has 0 aromatic heterocycles. The fourth-order valence-corrected chi connectivity index (χ4v) is 1.89. The SMILES string of the molecule is CCC(C(=O)O)C(=O)O.O=C(O)CCCCCCCCCC(=O)O. The Labute approximate surface area is 141 Å². The number of hydrogen-bond donors (Lipinski definition) is 4. The van der Waals surface area contributed by atoms with Gasteiger partial charge in [0, 0.05) is 12.8 Å². The monoisotopic (exact) mass is 348 g/mol. The molecule has 8 nitrogen and oxygen atoms in total. The average molecular weight is 348 g/mol. The maximum atomic E-state index is 10.2. The summed E-state index contributed by atoms with van der Waals surface area (Å²) in [5.41, 5.74) is 0. The fourth-order valence-electron chi connectivity index (χ4n) is 1.89. The Morgan fingerprint density at radius 2 is 0.917 bits per heavy atom. The summed E-state index contributed by atoms with van der Waals surface area (Å²) in [5, 5.41) is 33.1. The highest BCUT2D eigenvalue weighted by Gasteiger charge is 2.22. The van der Waals surface area contributed by atoms with E-state index in [4.69, 9.17) is 20.4 Å². The largest absolute Gasteiger partial charge is 0.481 e. The lowest BCUT2D eigenvalue weighted by atomic mass is 10.1. The molecule has 0 amide bonds. The summed E-state index contributed by atoms with van der Waals surface area (Å²) in [6.07, 6.45) is 7.29. The van der Waals surface area contributed by atoms with Crippen LogP contribution in [-0.4, -0.2) is 44.3 Å². The zero-order valence-corrected chi connectivity index (χ0v) is 14.1. The van der Waals surface area contributed by atoms with Gasteiger partial charge in [0.1, 0.15) is 0 Å². The molecule has 0 bridgehead atoms. The maximum Gasteiger partial charge on any atom is 0.317 e. The van der Waals surface area contributed by atoms with Crippen LogP contribution in [0.15, 0.2) is 0 Å². The van der Waals surface area contributed by atoms with E-state index in [0.29, 0.717) is 0 Å². The molecule has 24 heavy (non-hydrogen) atoms. The second-order valence-electron chi connectivity index (χ2n) is 5.40. The number of rotatable bonds is 13. The Bertz CT molecular complexity index is 358. The first-order valence-corrected chi connectivity index (χ1v) is 8.11. The van der Waals surface area contributed by atoms with Gasteiger partial charge < -0.3 is 20.4 Å². The van der Waals surface area contributed by atoms with E-state index < -0.39 is 29.8 Å². The Morgan fingerprint density at radius 1 is 0.625 bits per heavy atom. The molecule has 0 aromatic rings. The van der Waals surface area contributed by atoms with E-state index in [1.54, 1.807) is 0 Å². The predicted molar refractivity (Wildman–Crippen MR) is 85.9 cm³/mol. The average Bonchev–Trinajstić information content (AvgIpc) is 2.45. The second kappa shape index (κ2) is 15.8. The van der Waals surface area contributed by atoms with Crippen molar-refractivity contribution < 1.29 is 39.6 Å². The van der Waals surface area contributed by atoms with Crippen molar-refractivity contribution in [3.05, 3.63) is 0 Å². The lowest BCUT2D eigenvalue weighted by Gasteiger charge is -2.00. The number of carbonyl (C=O) groups is 4. The van der Waals surface area contributed by atoms with Gasteiger partial charge in [-0.2, -0.15) is 0 Å². The molecule has 0 atom stereocenters. The molecule has 8 heteroatoms. The normalized spacial score (nSPS) is 9.92. The van der Waals surface area contributed by atoms with Crippen molar-refractivity contribution in [2.45, 2.75) is 71.1 Å². The molecule has 0 fully saturated rings. The van der Waals surface area contributed by atoms with Gasteiger partial charge in [0.2, 0.25) is 0 Å². The van der Waals surface area contributed by atoms with Crippen molar-refractivity contribution in [1.29, 1.82) is 0 Å². The van der Waals surface area contributed by atoms with E-state index in [2.05, 4.69) is 0 Å².